The average molecular weight is 231 g/mol. The Hall–Kier alpha value is -1.57. The molecule has 0 fully saturated rings. The van der Waals surface area contributed by atoms with Crippen molar-refractivity contribution >= 4 is 5.91 Å². The van der Waals surface area contributed by atoms with Gasteiger partial charge in [-0.15, -0.1) is 0 Å². The summed E-state index contributed by atoms with van der Waals surface area (Å²) in [5.41, 5.74) is 1.94. The van der Waals surface area contributed by atoms with E-state index in [1.54, 1.807) is 0 Å². The van der Waals surface area contributed by atoms with Crippen LogP contribution in [0.25, 0.3) is 0 Å². The fraction of sp³-hybridized carbons (Fsp3) is 0.400. The van der Waals surface area contributed by atoms with Crippen molar-refractivity contribution in [1.29, 1.82) is 0 Å². The van der Waals surface area contributed by atoms with Crippen molar-refractivity contribution in [2.45, 2.75) is 32.6 Å². The highest BCUT2D eigenvalue weighted by atomic mass is 16.1. The van der Waals surface area contributed by atoms with Crippen molar-refractivity contribution < 1.29 is 4.79 Å². The van der Waals surface area contributed by atoms with Crippen molar-refractivity contribution in [3.8, 4) is 0 Å². The van der Waals surface area contributed by atoms with Crippen LogP contribution in [0.4, 0.5) is 0 Å². The Kier molecular flexibility index (Phi) is 6.08. The second-order valence-electron chi connectivity index (χ2n) is 4.23. The Morgan fingerprint density at radius 1 is 1.24 bits per heavy atom. The van der Waals surface area contributed by atoms with E-state index < -0.39 is 0 Å². The summed E-state index contributed by atoms with van der Waals surface area (Å²) in [5.74, 6) is -0.00566. The fourth-order valence-corrected chi connectivity index (χ4v) is 1.60. The SMILES string of the molecule is C=C(CCCC)CCNC(=O)c1ccccc1. The molecule has 0 atom stereocenters. The van der Waals surface area contributed by atoms with Gasteiger partial charge in [0.1, 0.15) is 0 Å². The van der Waals surface area contributed by atoms with Crippen LogP contribution in [0, 0.1) is 0 Å². The zero-order valence-electron chi connectivity index (χ0n) is 10.5. The van der Waals surface area contributed by atoms with E-state index in [4.69, 9.17) is 0 Å². The van der Waals surface area contributed by atoms with Crippen LogP contribution in [0.15, 0.2) is 42.5 Å². The zero-order chi connectivity index (χ0) is 12.5. The number of nitrogens with one attached hydrogen (secondary N) is 1. The number of rotatable bonds is 7. The third-order valence-corrected chi connectivity index (χ3v) is 2.68. The monoisotopic (exact) mass is 231 g/mol. The van der Waals surface area contributed by atoms with Gasteiger partial charge in [0.05, 0.1) is 0 Å². The minimum Gasteiger partial charge on any atom is -0.352 e. The zero-order valence-corrected chi connectivity index (χ0v) is 10.5. The lowest BCUT2D eigenvalue weighted by molar-refractivity contribution is 0.0954. The summed E-state index contributed by atoms with van der Waals surface area (Å²) < 4.78 is 0. The van der Waals surface area contributed by atoms with Crippen molar-refractivity contribution in [2.24, 2.45) is 0 Å². The van der Waals surface area contributed by atoms with E-state index in [0.29, 0.717) is 12.1 Å². The number of carbonyl (C=O) groups excluding carboxylic acids is 1. The predicted molar refractivity (Wildman–Crippen MR) is 72.1 cm³/mol. The third kappa shape index (κ3) is 5.34. The molecule has 0 unspecified atom stereocenters. The van der Waals surface area contributed by atoms with Crippen molar-refractivity contribution in [2.75, 3.05) is 6.54 Å². The molecule has 0 aliphatic carbocycles. The van der Waals surface area contributed by atoms with Crippen LogP contribution in [0.2, 0.25) is 0 Å². The summed E-state index contributed by atoms with van der Waals surface area (Å²) in [4.78, 5) is 11.7. The molecule has 2 heteroatoms. The van der Waals surface area contributed by atoms with Crippen LogP contribution in [0.3, 0.4) is 0 Å². The van der Waals surface area contributed by atoms with Gasteiger partial charge in [0.2, 0.25) is 0 Å². The van der Waals surface area contributed by atoms with Crippen LogP contribution >= 0.6 is 0 Å². The maximum Gasteiger partial charge on any atom is 0.251 e. The van der Waals surface area contributed by atoms with Crippen LogP contribution in [-0.4, -0.2) is 12.5 Å². The lowest BCUT2D eigenvalue weighted by Gasteiger charge is -2.07. The molecule has 1 aromatic rings. The minimum absolute atomic E-state index is 0.00566. The first-order chi connectivity index (χ1) is 8.24. The highest BCUT2D eigenvalue weighted by Crippen LogP contribution is 2.08. The number of amides is 1. The van der Waals surface area contributed by atoms with E-state index >= 15 is 0 Å². The molecule has 0 bridgehead atoms. The topological polar surface area (TPSA) is 29.1 Å². The Bertz CT molecular complexity index is 356. The average Bonchev–Trinajstić information content (AvgIpc) is 2.37. The number of unbranched alkanes of at least 4 members (excludes halogenated alkanes) is 1. The quantitative estimate of drug-likeness (QED) is 0.714. The van der Waals surface area contributed by atoms with Crippen molar-refractivity contribution in [3.05, 3.63) is 48.0 Å². The van der Waals surface area contributed by atoms with Gasteiger partial charge in [0, 0.05) is 12.1 Å². The molecule has 0 aliphatic rings. The van der Waals surface area contributed by atoms with Gasteiger partial charge in [-0.05, 0) is 31.4 Å². The first-order valence-corrected chi connectivity index (χ1v) is 6.24. The molecule has 0 aromatic heterocycles. The minimum atomic E-state index is -0.00566. The Labute approximate surface area is 104 Å². The summed E-state index contributed by atoms with van der Waals surface area (Å²) in [7, 11) is 0. The van der Waals surface area contributed by atoms with Crippen molar-refractivity contribution in [1.82, 2.24) is 5.32 Å². The molecule has 0 spiro atoms. The van der Waals surface area contributed by atoms with E-state index in [9.17, 15) is 4.79 Å². The molecule has 0 radical (unpaired) electrons. The maximum absolute atomic E-state index is 11.7. The van der Waals surface area contributed by atoms with E-state index in [0.717, 1.165) is 12.8 Å². The first-order valence-electron chi connectivity index (χ1n) is 6.24. The molecule has 0 saturated carbocycles. The molecule has 1 rings (SSSR count). The highest BCUT2D eigenvalue weighted by molar-refractivity contribution is 5.94. The van der Waals surface area contributed by atoms with Crippen molar-refractivity contribution in [3.63, 3.8) is 0 Å². The van der Waals surface area contributed by atoms with Gasteiger partial charge in [-0.3, -0.25) is 4.79 Å². The number of hydrogen-bond acceptors (Lipinski definition) is 1. The van der Waals surface area contributed by atoms with E-state index in [1.807, 2.05) is 30.3 Å². The van der Waals surface area contributed by atoms with Gasteiger partial charge in [-0.1, -0.05) is 43.7 Å². The summed E-state index contributed by atoms with van der Waals surface area (Å²) in [6, 6.07) is 9.29. The summed E-state index contributed by atoms with van der Waals surface area (Å²) >= 11 is 0. The van der Waals surface area contributed by atoms with E-state index in [1.165, 1.54) is 18.4 Å². The van der Waals surface area contributed by atoms with Gasteiger partial charge in [-0.25, -0.2) is 0 Å². The lowest BCUT2D eigenvalue weighted by Crippen LogP contribution is -2.24. The van der Waals surface area contributed by atoms with Crippen LogP contribution in [0.5, 0.6) is 0 Å². The van der Waals surface area contributed by atoms with Gasteiger partial charge in [0.15, 0.2) is 0 Å². The molecule has 92 valence electrons. The fourth-order valence-electron chi connectivity index (χ4n) is 1.60. The molecule has 17 heavy (non-hydrogen) atoms. The predicted octanol–water partition coefficient (Wildman–Crippen LogP) is 3.55. The molecule has 1 amide bonds. The van der Waals surface area contributed by atoms with Crippen LogP contribution < -0.4 is 5.32 Å². The highest BCUT2D eigenvalue weighted by Gasteiger charge is 2.03. The molecule has 0 saturated heterocycles. The summed E-state index contributed by atoms with van der Waals surface area (Å²) in [6.07, 6.45) is 4.32. The smallest absolute Gasteiger partial charge is 0.251 e. The van der Waals surface area contributed by atoms with Gasteiger partial charge >= 0.3 is 0 Å². The lowest BCUT2D eigenvalue weighted by atomic mass is 10.1. The largest absolute Gasteiger partial charge is 0.352 e. The molecular formula is C15H21NO. The van der Waals surface area contributed by atoms with Gasteiger partial charge in [0.25, 0.3) is 5.91 Å². The normalized spacial score (nSPS) is 9.94. The maximum atomic E-state index is 11.7. The summed E-state index contributed by atoms with van der Waals surface area (Å²) in [5, 5.41) is 2.91. The number of carbonyl (C=O) groups is 1. The van der Waals surface area contributed by atoms with Crippen LogP contribution in [0.1, 0.15) is 43.0 Å². The Morgan fingerprint density at radius 2 is 1.94 bits per heavy atom. The molecular weight excluding hydrogens is 210 g/mol. The Morgan fingerprint density at radius 3 is 2.59 bits per heavy atom. The first kappa shape index (κ1) is 13.5. The second kappa shape index (κ2) is 7.66. The van der Waals surface area contributed by atoms with Gasteiger partial charge in [-0.2, -0.15) is 0 Å². The Balaban J connectivity index is 2.23. The van der Waals surface area contributed by atoms with E-state index in [-0.39, 0.29) is 5.91 Å². The molecule has 0 aliphatic heterocycles. The molecule has 2 nitrogen and oxygen atoms in total. The standard InChI is InChI=1S/C15H21NO/c1-3-4-8-13(2)11-12-16-15(17)14-9-6-5-7-10-14/h5-7,9-10H,2-4,8,11-12H2,1H3,(H,16,17). The van der Waals surface area contributed by atoms with Gasteiger partial charge < -0.3 is 5.32 Å². The summed E-state index contributed by atoms with van der Waals surface area (Å²) in [6.45, 7) is 6.86. The number of hydrogen-bond donors (Lipinski definition) is 1. The molecule has 1 aromatic carbocycles. The number of benzene rings is 1. The van der Waals surface area contributed by atoms with Crippen LogP contribution in [-0.2, 0) is 0 Å². The second-order valence-corrected chi connectivity index (χ2v) is 4.23. The van der Waals surface area contributed by atoms with E-state index in [2.05, 4.69) is 18.8 Å². The molecule has 0 heterocycles. The molecule has 1 N–H and O–H groups in total. The third-order valence-electron chi connectivity index (χ3n) is 2.68.